The third-order valence-electron chi connectivity index (χ3n) is 3.03. The average Bonchev–Trinajstić information content (AvgIpc) is 2.47. The van der Waals surface area contributed by atoms with Crippen LogP contribution in [0.1, 0.15) is 12.0 Å². The molecule has 5 heteroatoms. The largest absolute Gasteiger partial charge is 0.306 e. The summed E-state index contributed by atoms with van der Waals surface area (Å²) in [4.78, 5) is 18.9. The summed E-state index contributed by atoms with van der Waals surface area (Å²) in [5.41, 5.74) is 0.565. The molecule has 0 bridgehead atoms. The second-order valence-electron chi connectivity index (χ2n) is 4.36. The minimum atomic E-state index is -2.60. The second-order valence-corrected chi connectivity index (χ2v) is 4.36. The maximum absolute atomic E-state index is 12.6. The predicted molar refractivity (Wildman–Crippen MR) is 72.8 cm³/mol. The number of H-pyrrole nitrogens is 1. The summed E-state index contributed by atoms with van der Waals surface area (Å²) in [5, 5.41) is 0.169. The number of hydrogen-bond acceptors (Lipinski definition) is 2. The number of alkyl halides is 2. The van der Waals surface area contributed by atoms with Crippen LogP contribution in [0.2, 0.25) is 0 Å². The predicted octanol–water partition coefficient (Wildman–Crippen LogP) is 3.53. The first-order chi connectivity index (χ1) is 9.65. The van der Waals surface area contributed by atoms with Gasteiger partial charge in [0.1, 0.15) is 5.82 Å². The normalized spacial score (nSPS) is 11.2. The van der Waals surface area contributed by atoms with Crippen LogP contribution in [0, 0.1) is 0 Å². The molecule has 0 spiro atoms. The van der Waals surface area contributed by atoms with E-state index in [9.17, 15) is 13.6 Å². The first kappa shape index (κ1) is 12.5. The highest BCUT2D eigenvalue weighted by molar-refractivity contribution is 5.80. The van der Waals surface area contributed by atoms with Gasteiger partial charge >= 0.3 is 0 Å². The van der Waals surface area contributed by atoms with Crippen molar-refractivity contribution in [2.75, 3.05) is 0 Å². The molecule has 0 aliphatic heterocycles. The van der Waals surface area contributed by atoms with Crippen molar-refractivity contribution in [2.24, 2.45) is 0 Å². The van der Waals surface area contributed by atoms with E-state index in [1.54, 1.807) is 0 Å². The molecule has 0 amide bonds. The molecular weight excluding hydrogens is 262 g/mol. The van der Waals surface area contributed by atoms with Crippen LogP contribution < -0.4 is 5.56 Å². The molecular formula is C15H10F2N2O. The third kappa shape index (κ3) is 2.18. The highest BCUT2D eigenvalue weighted by atomic mass is 19.3. The summed E-state index contributed by atoms with van der Waals surface area (Å²) in [6.07, 6.45) is -2.60. The van der Waals surface area contributed by atoms with Gasteiger partial charge in [0.15, 0.2) is 0 Å². The Labute approximate surface area is 112 Å². The fourth-order valence-corrected chi connectivity index (χ4v) is 2.02. The molecule has 1 N–H and O–H groups in total. The molecule has 0 unspecified atom stereocenters. The van der Waals surface area contributed by atoms with Gasteiger partial charge in [0.25, 0.3) is 12.0 Å². The van der Waals surface area contributed by atoms with Gasteiger partial charge in [-0.05, 0) is 12.1 Å². The summed E-state index contributed by atoms with van der Waals surface area (Å²) in [6, 6.07) is 13.1. The van der Waals surface area contributed by atoms with Gasteiger partial charge in [0.05, 0.1) is 10.9 Å². The molecule has 0 radical (unpaired) electrons. The van der Waals surface area contributed by atoms with Crippen molar-refractivity contribution in [2.45, 2.75) is 6.43 Å². The molecule has 0 aliphatic carbocycles. The molecule has 3 rings (SSSR count). The zero-order valence-corrected chi connectivity index (χ0v) is 10.3. The Kier molecular flexibility index (Phi) is 3.02. The highest BCUT2D eigenvalue weighted by Gasteiger charge is 2.11. The molecule has 1 heterocycles. The van der Waals surface area contributed by atoms with Crippen molar-refractivity contribution >= 4 is 10.9 Å². The Morgan fingerprint density at radius 2 is 1.80 bits per heavy atom. The smallest absolute Gasteiger partial charge is 0.263 e. The fraction of sp³-hybridized carbons (Fsp3) is 0.0667. The number of benzene rings is 2. The number of hydrogen-bond donors (Lipinski definition) is 1. The number of rotatable bonds is 2. The van der Waals surface area contributed by atoms with E-state index in [0.717, 1.165) is 5.56 Å². The summed E-state index contributed by atoms with van der Waals surface area (Å²) in [7, 11) is 0. The lowest BCUT2D eigenvalue weighted by Gasteiger charge is -2.05. The monoisotopic (exact) mass is 272 g/mol. The van der Waals surface area contributed by atoms with E-state index in [1.807, 2.05) is 30.3 Å². The summed E-state index contributed by atoms with van der Waals surface area (Å²) in [5.74, 6) is 0.424. The zero-order valence-electron chi connectivity index (χ0n) is 10.3. The van der Waals surface area contributed by atoms with Crippen LogP contribution in [-0.2, 0) is 0 Å². The van der Waals surface area contributed by atoms with Crippen LogP contribution in [0.25, 0.3) is 22.3 Å². The van der Waals surface area contributed by atoms with Gasteiger partial charge in [-0.2, -0.15) is 0 Å². The zero-order chi connectivity index (χ0) is 14.1. The van der Waals surface area contributed by atoms with E-state index >= 15 is 0 Å². The lowest BCUT2D eigenvalue weighted by Crippen LogP contribution is -2.10. The van der Waals surface area contributed by atoms with Gasteiger partial charge in [-0.1, -0.05) is 36.4 Å². The first-order valence-corrected chi connectivity index (χ1v) is 6.03. The molecule has 0 saturated heterocycles. The fourth-order valence-electron chi connectivity index (χ4n) is 2.02. The minimum Gasteiger partial charge on any atom is -0.306 e. The summed E-state index contributed by atoms with van der Waals surface area (Å²) in [6.45, 7) is 0. The summed E-state index contributed by atoms with van der Waals surface area (Å²) < 4.78 is 25.3. The topological polar surface area (TPSA) is 45.8 Å². The number of aromatic amines is 1. The van der Waals surface area contributed by atoms with Gasteiger partial charge in [0, 0.05) is 11.1 Å². The van der Waals surface area contributed by atoms with Crippen molar-refractivity contribution in [1.82, 2.24) is 9.97 Å². The van der Waals surface area contributed by atoms with Crippen LogP contribution in [-0.4, -0.2) is 9.97 Å². The number of nitrogens with zero attached hydrogens (tertiary/aromatic N) is 1. The molecule has 3 aromatic rings. The van der Waals surface area contributed by atoms with Crippen molar-refractivity contribution < 1.29 is 8.78 Å². The molecule has 0 atom stereocenters. The van der Waals surface area contributed by atoms with Crippen LogP contribution >= 0.6 is 0 Å². The molecule has 2 aromatic carbocycles. The van der Waals surface area contributed by atoms with Crippen molar-refractivity contribution in [3.63, 3.8) is 0 Å². The molecule has 20 heavy (non-hydrogen) atoms. The molecule has 100 valence electrons. The second kappa shape index (κ2) is 4.85. The maximum Gasteiger partial charge on any atom is 0.263 e. The van der Waals surface area contributed by atoms with Crippen LogP contribution in [0.5, 0.6) is 0 Å². The number of aromatic nitrogens is 2. The van der Waals surface area contributed by atoms with E-state index < -0.39 is 12.0 Å². The third-order valence-corrected chi connectivity index (χ3v) is 3.03. The summed E-state index contributed by atoms with van der Waals surface area (Å²) >= 11 is 0. The number of nitrogens with one attached hydrogen (secondary N) is 1. The average molecular weight is 272 g/mol. The van der Waals surface area contributed by atoms with Gasteiger partial charge in [-0.25, -0.2) is 13.8 Å². The van der Waals surface area contributed by atoms with Gasteiger partial charge in [0.2, 0.25) is 0 Å². The van der Waals surface area contributed by atoms with E-state index in [-0.39, 0.29) is 10.9 Å². The van der Waals surface area contributed by atoms with Crippen LogP contribution in [0.4, 0.5) is 8.78 Å². The Morgan fingerprint density at radius 1 is 1.05 bits per heavy atom. The van der Waals surface area contributed by atoms with E-state index in [4.69, 9.17) is 0 Å². The Hall–Kier alpha value is -2.56. The molecule has 3 nitrogen and oxygen atoms in total. The lowest BCUT2D eigenvalue weighted by molar-refractivity contribution is 0.151. The van der Waals surface area contributed by atoms with Crippen LogP contribution in [0.3, 0.4) is 0 Å². The molecule has 1 aromatic heterocycles. The minimum absolute atomic E-state index is 0.169. The van der Waals surface area contributed by atoms with Crippen molar-refractivity contribution in [1.29, 1.82) is 0 Å². The van der Waals surface area contributed by atoms with Crippen molar-refractivity contribution in [3.05, 3.63) is 64.4 Å². The Balaban J connectivity index is 2.21. The quantitative estimate of drug-likeness (QED) is 0.775. The highest BCUT2D eigenvalue weighted by Crippen LogP contribution is 2.22. The molecule has 0 fully saturated rings. The SMILES string of the molecule is O=c1[nH]c(-c2ccccc2)nc2ccc(C(F)F)cc12. The lowest BCUT2D eigenvalue weighted by atomic mass is 10.1. The Morgan fingerprint density at radius 3 is 2.50 bits per heavy atom. The number of fused-ring (bicyclic) bond motifs is 1. The van der Waals surface area contributed by atoms with Crippen molar-refractivity contribution in [3.8, 4) is 11.4 Å². The van der Waals surface area contributed by atoms with E-state index in [2.05, 4.69) is 9.97 Å². The van der Waals surface area contributed by atoms with Gasteiger partial charge in [-0.15, -0.1) is 0 Å². The number of halogens is 2. The molecule has 0 aliphatic rings. The first-order valence-electron chi connectivity index (χ1n) is 6.03. The standard InChI is InChI=1S/C15H10F2N2O/c16-13(17)10-6-7-12-11(8-10)15(20)19-14(18-12)9-4-2-1-3-5-9/h1-8,13H,(H,18,19,20). The Bertz CT molecular complexity index is 813. The molecule has 0 saturated carbocycles. The van der Waals surface area contributed by atoms with Crippen LogP contribution in [0.15, 0.2) is 53.3 Å². The maximum atomic E-state index is 12.6. The van der Waals surface area contributed by atoms with Gasteiger partial charge in [-0.3, -0.25) is 4.79 Å². The van der Waals surface area contributed by atoms with Gasteiger partial charge < -0.3 is 4.98 Å². The van der Waals surface area contributed by atoms with E-state index in [0.29, 0.717) is 11.3 Å². The van der Waals surface area contributed by atoms with E-state index in [1.165, 1.54) is 18.2 Å².